The Morgan fingerprint density at radius 1 is 1.45 bits per heavy atom. The van der Waals surface area contributed by atoms with Gasteiger partial charge in [0.1, 0.15) is 18.0 Å². The third-order valence-corrected chi connectivity index (χ3v) is 2.98. The van der Waals surface area contributed by atoms with Crippen molar-refractivity contribution in [3.05, 3.63) is 11.9 Å². The molecule has 0 spiro atoms. The Morgan fingerprint density at radius 3 is 2.65 bits per heavy atom. The minimum absolute atomic E-state index is 0.0472. The number of hydrogen-bond donors (Lipinski definition) is 3. The number of amides is 1. The monoisotopic (exact) mass is 280 g/mol. The fourth-order valence-corrected chi connectivity index (χ4v) is 2.07. The maximum Gasteiger partial charge on any atom is 0.239 e. The summed E-state index contributed by atoms with van der Waals surface area (Å²) >= 11 is 0. The van der Waals surface area contributed by atoms with Crippen LogP contribution in [0.4, 0.5) is 11.6 Å². The van der Waals surface area contributed by atoms with E-state index in [0.717, 1.165) is 24.3 Å². The van der Waals surface area contributed by atoms with Crippen molar-refractivity contribution in [2.75, 3.05) is 30.5 Å². The van der Waals surface area contributed by atoms with Crippen LogP contribution >= 0.6 is 0 Å². The Balaban J connectivity index is 3.21. The number of carbonyl (C=O) groups is 1. The molecule has 0 radical (unpaired) electrons. The van der Waals surface area contributed by atoms with Crippen molar-refractivity contribution in [1.82, 2.24) is 15.3 Å². The Hall–Kier alpha value is -1.89. The molecule has 0 aliphatic carbocycles. The molecular formula is C13H24N6O. The van der Waals surface area contributed by atoms with E-state index in [2.05, 4.69) is 27.6 Å². The van der Waals surface area contributed by atoms with Crippen LogP contribution in [-0.4, -0.2) is 36.0 Å². The fourth-order valence-electron chi connectivity index (χ4n) is 2.07. The third kappa shape index (κ3) is 3.80. The highest BCUT2D eigenvalue weighted by molar-refractivity contribution is 5.81. The predicted molar refractivity (Wildman–Crippen MR) is 80.5 cm³/mol. The van der Waals surface area contributed by atoms with Crippen LogP contribution in [0.15, 0.2) is 6.33 Å². The van der Waals surface area contributed by atoms with E-state index in [1.807, 2.05) is 18.7 Å². The van der Waals surface area contributed by atoms with Crippen LogP contribution in [-0.2, 0) is 4.79 Å². The molecule has 1 heterocycles. The van der Waals surface area contributed by atoms with E-state index < -0.39 is 0 Å². The topological polar surface area (TPSA) is 96.2 Å². The van der Waals surface area contributed by atoms with E-state index >= 15 is 0 Å². The maximum atomic E-state index is 11.7. The minimum atomic E-state index is -0.0472. The van der Waals surface area contributed by atoms with Gasteiger partial charge in [0.15, 0.2) is 0 Å². The van der Waals surface area contributed by atoms with Crippen LogP contribution in [0.3, 0.4) is 0 Å². The lowest BCUT2D eigenvalue weighted by Crippen LogP contribution is -2.37. The van der Waals surface area contributed by atoms with Crippen molar-refractivity contribution in [3.63, 3.8) is 0 Å². The van der Waals surface area contributed by atoms with E-state index in [9.17, 15) is 4.79 Å². The van der Waals surface area contributed by atoms with Crippen LogP contribution in [0.1, 0.15) is 38.7 Å². The number of nitrogens with two attached hydrogens (primary N) is 1. The highest BCUT2D eigenvalue weighted by Gasteiger charge is 2.20. The molecule has 112 valence electrons. The standard InChI is InChI=1S/C13H24N6O/c1-5-6-19(7-10(20)15-4)13-11(9(2)3)12(18-14)16-8-17-13/h8-9H,5-7,14H2,1-4H3,(H,15,20)(H,16,17,18). The van der Waals surface area contributed by atoms with Gasteiger partial charge < -0.3 is 15.6 Å². The highest BCUT2D eigenvalue weighted by atomic mass is 16.1. The maximum absolute atomic E-state index is 11.7. The number of anilines is 2. The number of nitrogens with zero attached hydrogens (tertiary/aromatic N) is 3. The number of rotatable bonds is 7. The first-order valence-corrected chi connectivity index (χ1v) is 6.82. The lowest BCUT2D eigenvalue weighted by Gasteiger charge is -2.26. The smallest absolute Gasteiger partial charge is 0.239 e. The molecule has 20 heavy (non-hydrogen) atoms. The zero-order valence-corrected chi connectivity index (χ0v) is 12.6. The Kier molecular flexibility index (Phi) is 6.17. The number of hydrogen-bond acceptors (Lipinski definition) is 6. The van der Waals surface area contributed by atoms with Gasteiger partial charge in [-0.3, -0.25) is 4.79 Å². The zero-order chi connectivity index (χ0) is 15.1. The molecule has 0 aromatic carbocycles. The number of nitrogens with one attached hydrogen (secondary N) is 2. The fraction of sp³-hybridized carbons (Fsp3) is 0.615. The first kappa shape index (κ1) is 16.2. The molecule has 0 saturated heterocycles. The largest absolute Gasteiger partial charge is 0.358 e. The summed E-state index contributed by atoms with van der Waals surface area (Å²) in [5.41, 5.74) is 3.53. The van der Waals surface area contributed by atoms with Gasteiger partial charge in [0, 0.05) is 19.2 Å². The van der Waals surface area contributed by atoms with Crippen molar-refractivity contribution >= 4 is 17.5 Å². The summed E-state index contributed by atoms with van der Waals surface area (Å²) in [5, 5.41) is 2.64. The predicted octanol–water partition coefficient (Wildman–Crippen LogP) is 0.848. The lowest BCUT2D eigenvalue weighted by atomic mass is 10.0. The Bertz CT molecular complexity index is 448. The van der Waals surface area contributed by atoms with Crippen LogP contribution in [0.25, 0.3) is 0 Å². The molecule has 0 fully saturated rings. The Labute approximate surface area is 119 Å². The average molecular weight is 280 g/mol. The summed E-state index contributed by atoms with van der Waals surface area (Å²) in [4.78, 5) is 22.1. The van der Waals surface area contributed by atoms with E-state index in [0.29, 0.717) is 5.82 Å². The SMILES string of the molecule is CCCN(CC(=O)NC)c1ncnc(NN)c1C(C)C. The second-order valence-electron chi connectivity index (χ2n) is 4.85. The lowest BCUT2D eigenvalue weighted by molar-refractivity contribution is -0.119. The van der Waals surface area contributed by atoms with Crippen LogP contribution < -0.4 is 21.5 Å². The molecule has 1 rings (SSSR count). The second-order valence-corrected chi connectivity index (χ2v) is 4.85. The second kappa shape index (κ2) is 7.64. The third-order valence-electron chi connectivity index (χ3n) is 2.98. The van der Waals surface area contributed by atoms with Gasteiger partial charge in [-0.15, -0.1) is 0 Å². The highest BCUT2D eigenvalue weighted by Crippen LogP contribution is 2.30. The summed E-state index contributed by atoms with van der Waals surface area (Å²) in [7, 11) is 1.63. The number of likely N-dealkylation sites (N-methyl/N-ethyl adjacent to an activating group) is 1. The normalized spacial score (nSPS) is 10.5. The van der Waals surface area contributed by atoms with Crippen molar-refractivity contribution in [2.24, 2.45) is 5.84 Å². The van der Waals surface area contributed by atoms with Crippen molar-refractivity contribution < 1.29 is 4.79 Å². The van der Waals surface area contributed by atoms with Crippen molar-refractivity contribution in [1.29, 1.82) is 0 Å². The van der Waals surface area contributed by atoms with Crippen LogP contribution in [0.5, 0.6) is 0 Å². The van der Waals surface area contributed by atoms with Gasteiger partial charge >= 0.3 is 0 Å². The summed E-state index contributed by atoms with van der Waals surface area (Å²) in [6, 6.07) is 0. The molecule has 0 unspecified atom stereocenters. The zero-order valence-electron chi connectivity index (χ0n) is 12.6. The van der Waals surface area contributed by atoms with E-state index in [-0.39, 0.29) is 18.4 Å². The number of aromatic nitrogens is 2. The molecule has 7 nitrogen and oxygen atoms in total. The van der Waals surface area contributed by atoms with Crippen LogP contribution in [0.2, 0.25) is 0 Å². The first-order chi connectivity index (χ1) is 9.54. The molecule has 1 amide bonds. The molecule has 0 bridgehead atoms. The van der Waals surface area contributed by atoms with Gasteiger partial charge in [-0.1, -0.05) is 20.8 Å². The van der Waals surface area contributed by atoms with E-state index in [1.165, 1.54) is 6.33 Å². The number of carbonyl (C=O) groups excluding carboxylic acids is 1. The average Bonchev–Trinajstić information content (AvgIpc) is 2.45. The Morgan fingerprint density at radius 2 is 2.15 bits per heavy atom. The molecule has 0 aliphatic rings. The number of nitrogen functional groups attached to an aromatic ring is 1. The van der Waals surface area contributed by atoms with Crippen molar-refractivity contribution in [3.8, 4) is 0 Å². The molecule has 0 atom stereocenters. The van der Waals surface area contributed by atoms with Gasteiger partial charge in [0.25, 0.3) is 0 Å². The first-order valence-electron chi connectivity index (χ1n) is 6.82. The van der Waals surface area contributed by atoms with Gasteiger partial charge in [-0.05, 0) is 12.3 Å². The minimum Gasteiger partial charge on any atom is -0.358 e. The van der Waals surface area contributed by atoms with Crippen molar-refractivity contribution in [2.45, 2.75) is 33.1 Å². The summed E-state index contributed by atoms with van der Waals surface area (Å²) in [6.07, 6.45) is 2.38. The summed E-state index contributed by atoms with van der Waals surface area (Å²) in [6.45, 7) is 7.18. The molecule has 0 aliphatic heterocycles. The quantitative estimate of drug-likeness (QED) is 0.506. The number of hydrazine groups is 1. The van der Waals surface area contributed by atoms with Gasteiger partial charge in [-0.25, -0.2) is 15.8 Å². The van der Waals surface area contributed by atoms with E-state index in [1.54, 1.807) is 7.05 Å². The van der Waals surface area contributed by atoms with Crippen LogP contribution in [0, 0.1) is 0 Å². The van der Waals surface area contributed by atoms with Gasteiger partial charge in [0.05, 0.1) is 6.54 Å². The van der Waals surface area contributed by atoms with E-state index in [4.69, 9.17) is 5.84 Å². The summed E-state index contributed by atoms with van der Waals surface area (Å²) < 4.78 is 0. The summed E-state index contributed by atoms with van der Waals surface area (Å²) in [5.74, 6) is 7.03. The molecule has 4 N–H and O–H groups in total. The molecule has 0 saturated carbocycles. The van der Waals surface area contributed by atoms with Gasteiger partial charge in [0.2, 0.25) is 5.91 Å². The molecule has 7 heteroatoms. The van der Waals surface area contributed by atoms with Gasteiger partial charge in [-0.2, -0.15) is 0 Å². The molecule has 1 aromatic rings. The molecular weight excluding hydrogens is 256 g/mol. The molecule has 1 aromatic heterocycles.